The number of nitrogens with one attached hydrogen (secondary N) is 1. The Kier molecular flexibility index (Phi) is 2.93. The van der Waals surface area contributed by atoms with Crippen molar-refractivity contribution in [2.24, 2.45) is 0 Å². The van der Waals surface area contributed by atoms with Crippen LogP contribution < -0.4 is 0 Å². The van der Waals surface area contributed by atoms with Crippen molar-refractivity contribution in [2.75, 3.05) is 6.54 Å². The molecule has 0 saturated carbocycles. The predicted molar refractivity (Wildman–Crippen MR) is 70.3 cm³/mol. The topological polar surface area (TPSA) is 73.4 Å². The van der Waals surface area contributed by atoms with Gasteiger partial charge < -0.3 is 10.1 Å². The highest BCUT2D eigenvalue weighted by Crippen LogP contribution is 2.26. The summed E-state index contributed by atoms with van der Waals surface area (Å²) in [5, 5.41) is 9.59. The standard InChI is InChI=1S/C14H13FN2O3/c15-8-3-4-11-9(6-8)10(7-16-11)13(18)12-2-1-5-17(12)14(19)20/h3-4,6-7,12,16H,1-2,5H2,(H,19,20)/t12-/m1/s1. The molecule has 1 saturated heterocycles. The van der Waals surface area contributed by atoms with Crippen LogP contribution in [0, 0.1) is 5.82 Å². The van der Waals surface area contributed by atoms with Crippen molar-refractivity contribution >= 4 is 22.8 Å². The molecule has 0 spiro atoms. The Morgan fingerprint density at radius 2 is 2.20 bits per heavy atom. The van der Waals surface area contributed by atoms with Crippen molar-refractivity contribution in [3.05, 3.63) is 35.8 Å². The lowest BCUT2D eigenvalue weighted by Gasteiger charge is -2.19. The highest BCUT2D eigenvalue weighted by molar-refractivity contribution is 6.11. The van der Waals surface area contributed by atoms with Crippen LogP contribution in [0.3, 0.4) is 0 Å². The Morgan fingerprint density at radius 1 is 1.40 bits per heavy atom. The van der Waals surface area contributed by atoms with E-state index >= 15 is 0 Å². The SMILES string of the molecule is O=C(c1c[nH]c2ccc(F)cc12)[C@H]1CCCN1C(=O)O. The molecule has 2 N–H and O–H groups in total. The van der Waals surface area contributed by atoms with Gasteiger partial charge in [0, 0.05) is 29.2 Å². The molecule has 5 nitrogen and oxygen atoms in total. The monoisotopic (exact) mass is 276 g/mol. The lowest BCUT2D eigenvalue weighted by atomic mass is 10.0. The Labute approximate surface area is 114 Å². The van der Waals surface area contributed by atoms with E-state index in [1.54, 1.807) is 6.07 Å². The maximum Gasteiger partial charge on any atom is 0.407 e. The first-order chi connectivity index (χ1) is 9.58. The first-order valence-electron chi connectivity index (χ1n) is 6.38. The number of benzene rings is 1. The molecule has 0 aliphatic carbocycles. The second-order valence-electron chi connectivity index (χ2n) is 4.89. The summed E-state index contributed by atoms with van der Waals surface area (Å²) in [6.07, 6.45) is 1.60. The maximum atomic E-state index is 13.3. The molecule has 3 rings (SSSR count). The molecule has 1 aliphatic rings. The number of amides is 1. The zero-order valence-corrected chi connectivity index (χ0v) is 10.6. The molecule has 2 heterocycles. The molecule has 1 atom stereocenters. The zero-order chi connectivity index (χ0) is 14.3. The van der Waals surface area contributed by atoms with Gasteiger partial charge in [-0.05, 0) is 31.0 Å². The van der Waals surface area contributed by atoms with Crippen LogP contribution in [0.5, 0.6) is 0 Å². The minimum atomic E-state index is -1.09. The Bertz CT molecular complexity index is 695. The molecule has 1 fully saturated rings. The van der Waals surface area contributed by atoms with Crippen LogP contribution in [-0.2, 0) is 0 Å². The number of ketones is 1. The largest absolute Gasteiger partial charge is 0.465 e. The van der Waals surface area contributed by atoms with Gasteiger partial charge in [-0.15, -0.1) is 0 Å². The number of nitrogens with zero attached hydrogens (tertiary/aromatic N) is 1. The summed E-state index contributed by atoms with van der Waals surface area (Å²) in [5.74, 6) is -0.700. The number of hydrogen-bond acceptors (Lipinski definition) is 2. The highest BCUT2D eigenvalue weighted by Gasteiger charge is 2.35. The summed E-state index contributed by atoms with van der Waals surface area (Å²) in [7, 11) is 0. The fourth-order valence-corrected chi connectivity index (χ4v) is 2.74. The van der Waals surface area contributed by atoms with E-state index in [-0.39, 0.29) is 5.78 Å². The maximum absolute atomic E-state index is 13.3. The summed E-state index contributed by atoms with van der Waals surface area (Å²) in [5.41, 5.74) is 1.01. The molecule has 1 amide bonds. The fraction of sp³-hybridized carbons (Fsp3) is 0.286. The van der Waals surface area contributed by atoms with Crippen molar-refractivity contribution < 1.29 is 19.1 Å². The van der Waals surface area contributed by atoms with Crippen LogP contribution in [0.25, 0.3) is 10.9 Å². The van der Waals surface area contributed by atoms with Crippen molar-refractivity contribution in [3.8, 4) is 0 Å². The van der Waals surface area contributed by atoms with Gasteiger partial charge >= 0.3 is 6.09 Å². The molecule has 0 unspecified atom stereocenters. The van der Waals surface area contributed by atoms with Crippen molar-refractivity contribution in [2.45, 2.75) is 18.9 Å². The lowest BCUT2D eigenvalue weighted by Crippen LogP contribution is -2.39. The van der Waals surface area contributed by atoms with Gasteiger partial charge in [-0.1, -0.05) is 0 Å². The number of H-pyrrole nitrogens is 1. The first-order valence-corrected chi connectivity index (χ1v) is 6.38. The minimum Gasteiger partial charge on any atom is -0.465 e. The van der Waals surface area contributed by atoms with E-state index in [1.807, 2.05) is 0 Å². The Hall–Kier alpha value is -2.37. The number of halogens is 1. The molecule has 0 radical (unpaired) electrons. The number of aromatic nitrogens is 1. The molecule has 1 aliphatic heterocycles. The minimum absolute atomic E-state index is 0.276. The molecule has 2 aromatic rings. The van der Waals surface area contributed by atoms with Gasteiger partial charge in [0.15, 0.2) is 5.78 Å². The van der Waals surface area contributed by atoms with Crippen molar-refractivity contribution in [1.82, 2.24) is 9.88 Å². The summed E-state index contributed by atoms with van der Waals surface area (Å²) >= 11 is 0. The van der Waals surface area contributed by atoms with Crippen LogP contribution in [0.15, 0.2) is 24.4 Å². The number of carbonyl (C=O) groups is 2. The van der Waals surface area contributed by atoms with Gasteiger partial charge in [0.05, 0.1) is 6.04 Å². The van der Waals surface area contributed by atoms with Gasteiger partial charge in [-0.2, -0.15) is 0 Å². The molecular weight excluding hydrogens is 263 g/mol. The average Bonchev–Trinajstić information content (AvgIpc) is 3.04. The summed E-state index contributed by atoms with van der Waals surface area (Å²) in [6.45, 7) is 0.364. The van der Waals surface area contributed by atoms with Gasteiger partial charge in [0.2, 0.25) is 0 Å². The van der Waals surface area contributed by atoms with Crippen LogP contribution in [-0.4, -0.2) is 39.5 Å². The highest BCUT2D eigenvalue weighted by atomic mass is 19.1. The summed E-state index contributed by atoms with van der Waals surface area (Å²) in [6, 6.07) is 3.49. The van der Waals surface area contributed by atoms with E-state index in [0.29, 0.717) is 35.9 Å². The number of likely N-dealkylation sites (tertiary alicyclic amines) is 1. The molecular formula is C14H13FN2O3. The summed E-state index contributed by atoms with van der Waals surface area (Å²) in [4.78, 5) is 27.7. The molecule has 20 heavy (non-hydrogen) atoms. The van der Waals surface area contributed by atoms with E-state index in [2.05, 4.69) is 4.98 Å². The molecule has 1 aromatic heterocycles. The molecule has 1 aromatic carbocycles. The van der Waals surface area contributed by atoms with E-state index < -0.39 is 18.0 Å². The van der Waals surface area contributed by atoms with E-state index in [9.17, 15) is 14.0 Å². The Balaban J connectivity index is 2.00. The molecule has 0 bridgehead atoms. The van der Waals surface area contributed by atoms with E-state index in [4.69, 9.17) is 5.11 Å². The van der Waals surface area contributed by atoms with Gasteiger partial charge in [-0.25, -0.2) is 9.18 Å². The zero-order valence-electron chi connectivity index (χ0n) is 10.6. The fourth-order valence-electron chi connectivity index (χ4n) is 2.74. The van der Waals surface area contributed by atoms with Gasteiger partial charge in [0.1, 0.15) is 5.82 Å². The average molecular weight is 276 g/mol. The van der Waals surface area contributed by atoms with Crippen LogP contribution >= 0.6 is 0 Å². The third-order valence-corrected chi connectivity index (χ3v) is 3.71. The van der Waals surface area contributed by atoms with Crippen LogP contribution in [0.1, 0.15) is 23.2 Å². The van der Waals surface area contributed by atoms with Crippen LogP contribution in [0.4, 0.5) is 9.18 Å². The second-order valence-corrected chi connectivity index (χ2v) is 4.89. The second kappa shape index (κ2) is 4.63. The number of fused-ring (bicyclic) bond motifs is 1. The quantitative estimate of drug-likeness (QED) is 0.828. The number of aromatic amines is 1. The third-order valence-electron chi connectivity index (χ3n) is 3.71. The molecule has 6 heteroatoms. The normalized spacial score (nSPS) is 18.6. The number of rotatable bonds is 2. The Morgan fingerprint density at radius 3 is 2.95 bits per heavy atom. The number of carboxylic acid groups (broad SMARTS) is 1. The number of hydrogen-bond donors (Lipinski definition) is 2. The first kappa shape index (κ1) is 12.7. The van der Waals surface area contributed by atoms with Gasteiger partial charge in [-0.3, -0.25) is 9.69 Å². The lowest BCUT2D eigenvalue weighted by molar-refractivity contribution is 0.0846. The smallest absolute Gasteiger partial charge is 0.407 e. The number of Topliss-reactive ketones (excluding diaryl/α,β-unsaturated/α-hetero) is 1. The van der Waals surface area contributed by atoms with Crippen molar-refractivity contribution in [1.29, 1.82) is 0 Å². The molecule has 104 valence electrons. The summed E-state index contributed by atoms with van der Waals surface area (Å²) < 4.78 is 13.3. The van der Waals surface area contributed by atoms with Crippen LogP contribution in [0.2, 0.25) is 0 Å². The van der Waals surface area contributed by atoms with Gasteiger partial charge in [0.25, 0.3) is 0 Å². The number of carbonyl (C=O) groups excluding carboxylic acids is 1. The predicted octanol–water partition coefficient (Wildman–Crippen LogP) is 2.63. The van der Waals surface area contributed by atoms with E-state index in [1.165, 1.54) is 18.3 Å². The third kappa shape index (κ3) is 1.93. The van der Waals surface area contributed by atoms with Crippen molar-refractivity contribution in [3.63, 3.8) is 0 Å². The van der Waals surface area contributed by atoms with E-state index in [0.717, 1.165) is 4.90 Å².